The van der Waals surface area contributed by atoms with Crippen LogP contribution in [0.4, 0.5) is 0 Å². The van der Waals surface area contributed by atoms with Gasteiger partial charge in [0.25, 0.3) is 0 Å². The van der Waals surface area contributed by atoms with Crippen molar-refractivity contribution >= 4 is 11.1 Å². The van der Waals surface area contributed by atoms with Gasteiger partial charge in [-0.2, -0.15) is 0 Å². The fraction of sp³-hybridized carbons (Fsp3) is 1.00. The van der Waals surface area contributed by atoms with Crippen LogP contribution in [-0.2, 0) is 15.8 Å². The molecule has 7 nitrogen and oxygen atoms in total. The smallest absolute Gasteiger partial charge is 0.184 e. The van der Waals surface area contributed by atoms with Crippen molar-refractivity contribution in [1.82, 2.24) is 0 Å². The summed E-state index contributed by atoms with van der Waals surface area (Å²) in [5.41, 5.74) is 4.06. The van der Waals surface area contributed by atoms with Crippen molar-refractivity contribution in [3.63, 3.8) is 0 Å². The van der Waals surface area contributed by atoms with Crippen LogP contribution in [0.3, 0.4) is 0 Å². The molecule has 84 valence electrons. The van der Waals surface area contributed by atoms with E-state index in [2.05, 4.69) is 0 Å². The lowest BCUT2D eigenvalue weighted by atomic mass is 9.99. The molecule has 0 bridgehead atoms. The summed E-state index contributed by atoms with van der Waals surface area (Å²) >= 11 is -2.37. The summed E-state index contributed by atoms with van der Waals surface area (Å²) in [6.45, 7) is -0.557. The molecule has 0 aliphatic carbocycles. The monoisotopic (exact) mass is 227 g/mol. The Labute approximate surface area is 82.8 Å². The largest absolute Gasteiger partial charge is 0.394 e. The zero-order chi connectivity index (χ0) is 10.9. The maximum atomic E-state index is 10.7. The van der Waals surface area contributed by atoms with E-state index in [0.717, 1.165) is 0 Å². The Balaban J connectivity index is 2.78. The van der Waals surface area contributed by atoms with E-state index in [1.54, 1.807) is 0 Å². The van der Waals surface area contributed by atoms with Gasteiger partial charge in [-0.3, -0.25) is 0 Å². The van der Waals surface area contributed by atoms with Gasteiger partial charge >= 0.3 is 0 Å². The molecule has 14 heavy (non-hydrogen) atoms. The standard InChI is InChI=1S/C6H13NO6S/c7-3-5(10)4(9)2(1-8)13-6(3)14(11)12/h2-6,8-10H,1,7H2,(H,11,12)/t2-,3-,4-,5-,6?/m1/s1. The van der Waals surface area contributed by atoms with Gasteiger partial charge in [-0.1, -0.05) is 0 Å². The third kappa shape index (κ3) is 2.11. The molecule has 0 aromatic rings. The number of rotatable bonds is 2. The van der Waals surface area contributed by atoms with Crippen LogP contribution in [0, 0.1) is 0 Å². The Hall–Kier alpha value is -0.0900. The van der Waals surface area contributed by atoms with Crippen LogP contribution < -0.4 is 5.73 Å². The van der Waals surface area contributed by atoms with Crippen molar-refractivity contribution in [1.29, 1.82) is 0 Å². The normalized spacial score (nSPS) is 46.2. The van der Waals surface area contributed by atoms with Gasteiger partial charge < -0.3 is 30.3 Å². The van der Waals surface area contributed by atoms with E-state index >= 15 is 0 Å². The topological polar surface area (TPSA) is 133 Å². The third-order valence-electron chi connectivity index (χ3n) is 2.13. The summed E-state index contributed by atoms with van der Waals surface area (Å²) in [7, 11) is 0. The molecule has 0 aromatic carbocycles. The summed E-state index contributed by atoms with van der Waals surface area (Å²) in [4.78, 5) is 0. The first-order chi connectivity index (χ1) is 6.49. The molecule has 1 aliphatic heterocycles. The molecule has 8 heteroatoms. The van der Waals surface area contributed by atoms with Gasteiger partial charge in [-0.15, -0.1) is 0 Å². The number of nitrogens with two attached hydrogens (primary N) is 1. The number of aliphatic hydroxyl groups is 3. The minimum atomic E-state index is -2.37. The maximum absolute atomic E-state index is 10.7. The molecular formula is C6H13NO6S. The Morgan fingerprint density at radius 2 is 1.93 bits per heavy atom. The van der Waals surface area contributed by atoms with Gasteiger partial charge in [0.2, 0.25) is 0 Å². The van der Waals surface area contributed by atoms with Gasteiger partial charge in [0.1, 0.15) is 18.3 Å². The lowest BCUT2D eigenvalue weighted by molar-refractivity contribution is -0.168. The highest BCUT2D eigenvalue weighted by Crippen LogP contribution is 2.21. The minimum Gasteiger partial charge on any atom is -0.394 e. The van der Waals surface area contributed by atoms with Crippen LogP contribution in [0.5, 0.6) is 0 Å². The summed E-state index contributed by atoms with van der Waals surface area (Å²) < 4.78 is 24.3. The average molecular weight is 227 g/mol. The zero-order valence-electron chi connectivity index (χ0n) is 7.18. The summed E-state index contributed by atoms with van der Waals surface area (Å²) in [5.74, 6) is 0. The van der Waals surface area contributed by atoms with E-state index in [1.807, 2.05) is 0 Å². The molecule has 2 unspecified atom stereocenters. The number of ether oxygens (including phenoxy) is 1. The van der Waals surface area contributed by atoms with Crippen molar-refractivity contribution in [3.8, 4) is 0 Å². The van der Waals surface area contributed by atoms with Crippen molar-refractivity contribution in [2.24, 2.45) is 5.73 Å². The molecule has 0 saturated carbocycles. The van der Waals surface area contributed by atoms with Crippen LogP contribution in [-0.4, -0.2) is 60.5 Å². The second-order valence-corrected chi connectivity index (χ2v) is 4.08. The molecule has 6 atom stereocenters. The lowest BCUT2D eigenvalue weighted by Gasteiger charge is -2.38. The summed E-state index contributed by atoms with van der Waals surface area (Å²) in [6, 6.07) is -1.15. The Kier molecular flexibility index (Phi) is 3.95. The van der Waals surface area contributed by atoms with Crippen LogP contribution in [0.25, 0.3) is 0 Å². The fourth-order valence-electron chi connectivity index (χ4n) is 1.29. The molecule has 1 aliphatic rings. The first-order valence-corrected chi connectivity index (χ1v) is 5.13. The van der Waals surface area contributed by atoms with E-state index < -0.39 is 47.5 Å². The zero-order valence-corrected chi connectivity index (χ0v) is 8.00. The predicted molar refractivity (Wildman–Crippen MR) is 46.5 cm³/mol. The van der Waals surface area contributed by atoms with Crippen molar-refractivity contribution in [2.75, 3.05) is 6.61 Å². The first kappa shape index (κ1) is 12.0. The van der Waals surface area contributed by atoms with Gasteiger partial charge in [0.15, 0.2) is 16.5 Å². The van der Waals surface area contributed by atoms with E-state index in [9.17, 15) is 14.4 Å². The van der Waals surface area contributed by atoms with Crippen LogP contribution in [0.1, 0.15) is 0 Å². The Morgan fingerprint density at radius 1 is 1.36 bits per heavy atom. The van der Waals surface area contributed by atoms with Gasteiger partial charge in [-0.05, 0) is 0 Å². The summed E-state index contributed by atoms with van der Waals surface area (Å²) in [5, 5.41) is 27.4. The van der Waals surface area contributed by atoms with E-state index in [4.69, 9.17) is 20.1 Å². The predicted octanol–water partition coefficient (Wildman–Crippen LogP) is -3.03. The highest BCUT2D eigenvalue weighted by atomic mass is 32.2. The Morgan fingerprint density at radius 3 is 2.36 bits per heavy atom. The fourth-order valence-corrected chi connectivity index (χ4v) is 1.95. The molecule has 1 fully saturated rings. The SMILES string of the molecule is N[C@H]1C(S(=O)O)O[C@H](CO)[C@@H](O)[C@@H]1O. The molecule has 1 heterocycles. The maximum Gasteiger partial charge on any atom is 0.184 e. The van der Waals surface area contributed by atoms with E-state index in [-0.39, 0.29) is 0 Å². The molecular weight excluding hydrogens is 214 g/mol. The second-order valence-electron chi connectivity index (χ2n) is 3.06. The highest BCUT2D eigenvalue weighted by Gasteiger charge is 2.44. The van der Waals surface area contributed by atoms with E-state index in [1.165, 1.54) is 0 Å². The number of hydrogen-bond acceptors (Lipinski definition) is 6. The highest BCUT2D eigenvalue weighted by molar-refractivity contribution is 7.79. The van der Waals surface area contributed by atoms with Gasteiger partial charge in [0, 0.05) is 0 Å². The molecule has 0 radical (unpaired) electrons. The van der Waals surface area contributed by atoms with Crippen molar-refractivity contribution < 1.29 is 28.8 Å². The van der Waals surface area contributed by atoms with Crippen LogP contribution in [0.2, 0.25) is 0 Å². The van der Waals surface area contributed by atoms with Crippen LogP contribution in [0.15, 0.2) is 0 Å². The molecule has 0 spiro atoms. The molecule has 1 saturated heterocycles. The van der Waals surface area contributed by atoms with E-state index in [0.29, 0.717) is 0 Å². The van der Waals surface area contributed by atoms with Crippen molar-refractivity contribution in [2.45, 2.75) is 29.8 Å². The quantitative estimate of drug-likeness (QED) is 0.317. The third-order valence-corrected chi connectivity index (χ3v) is 2.95. The number of hydrogen-bond donors (Lipinski definition) is 5. The molecule has 0 amide bonds. The number of aliphatic hydroxyl groups excluding tert-OH is 3. The second kappa shape index (κ2) is 4.62. The Bertz CT molecular complexity index is 224. The lowest BCUT2D eigenvalue weighted by Crippen LogP contribution is -2.62. The minimum absolute atomic E-state index is 0.557. The van der Waals surface area contributed by atoms with Gasteiger partial charge in [-0.25, -0.2) is 4.21 Å². The van der Waals surface area contributed by atoms with Crippen LogP contribution >= 0.6 is 0 Å². The van der Waals surface area contributed by atoms with Crippen molar-refractivity contribution in [3.05, 3.63) is 0 Å². The average Bonchev–Trinajstić information content (AvgIpc) is 2.14. The molecule has 1 rings (SSSR count). The summed E-state index contributed by atoms with van der Waals surface area (Å²) in [6.07, 6.45) is -3.83. The molecule has 6 N–H and O–H groups in total. The first-order valence-electron chi connectivity index (χ1n) is 3.96. The van der Waals surface area contributed by atoms with Gasteiger partial charge in [0.05, 0.1) is 12.6 Å². The molecule has 0 aromatic heterocycles.